The van der Waals surface area contributed by atoms with Crippen LogP contribution in [0.1, 0.15) is 62.9 Å². The molecule has 2 rings (SSSR count). The Morgan fingerprint density at radius 1 is 1.45 bits per heavy atom. The van der Waals surface area contributed by atoms with E-state index in [1.807, 2.05) is 6.92 Å². The lowest BCUT2D eigenvalue weighted by atomic mass is 9.99. The maximum absolute atomic E-state index is 12.8. The molecular weight excluding hydrogens is 268 g/mol. The number of rotatable bonds is 5. The molecule has 2 heterocycles. The van der Waals surface area contributed by atoms with E-state index in [2.05, 4.69) is 50.0 Å². The van der Waals surface area contributed by atoms with E-state index < -0.39 is 5.54 Å². The van der Waals surface area contributed by atoms with Crippen molar-refractivity contribution in [1.29, 1.82) is 0 Å². The molecule has 0 spiro atoms. The maximum atomic E-state index is 12.8. The number of hydrogen-bond acceptors (Lipinski definition) is 3. The highest BCUT2D eigenvalue weighted by molar-refractivity contribution is 7.12. The quantitative estimate of drug-likeness (QED) is 0.894. The van der Waals surface area contributed by atoms with Crippen molar-refractivity contribution >= 4 is 17.2 Å². The van der Waals surface area contributed by atoms with Crippen molar-refractivity contribution in [3.63, 3.8) is 0 Å². The number of hydrogen-bond donors (Lipinski definition) is 1. The van der Waals surface area contributed by atoms with E-state index in [-0.39, 0.29) is 18.1 Å². The Labute approximate surface area is 126 Å². The Morgan fingerprint density at radius 3 is 2.65 bits per heavy atom. The van der Waals surface area contributed by atoms with Gasteiger partial charge in [-0.15, -0.1) is 11.3 Å². The Balaban J connectivity index is 2.34. The minimum atomic E-state index is -0.426. The number of nitrogens with zero attached hydrogens (tertiary/aromatic N) is 1. The van der Waals surface area contributed by atoms with Crippen molar-refractivity contribution in [2.24, 2.45) is 0 Å². The number of carbonyl (C=O) groups excluding carboxylic acids is 1. The smallest absolute Gasteiger partial charge is 0.244 e. The lowest BCUT2D eigenvalue weighted by Gasteiger charge is -2.30. The number of carbonyl (C=O) groups is 1. The summed E-state index contributed by atoms with van der Waals surface area (Å²) in [5, 5.41) is 3.57. The summed E-state index contributed by atoms with van der Waals surface area (Å²) in [6.45, 7) is 10.6. The Kier molecular flexibility index (Phi) is 4.55. The first-order valence-corrected chi connectivity index (χ1v) is 8.41. The highest BCUT2D eigenvalue weighted by Gasteiger charge is 2.48. The fraction of sp³-hybridized carbons (Fsp3) is 0.688. The minimum absolute atomic E-state index is 0.0349. The molecule has 1 N–H and O–H groups in total. The van der Waals surface area contributed by atoms with Crippen molar-refractivity contribution < 1.29 is 4.79 Å². The van der Waals surface area contributed by atoms with Crippen molar-refractivity contribution in [3.05, 3.63) is 21.9 Å². The van der Waals surface area contributed by atoms with E-state index in [1.165, 1.54) is 9.75 Å². The SMILES string of the molecule is CCCC(C)N1C(=O)C(C)(CC)NC1c1ccc(C)s1. The summed E-state index contributed by atoms with van der Waals surface area (Å²) in [7, 11) is 0. The average Bonchev–Trinajstić information content (AvgIpc) is 2.94. The molecule has 1 amide bonds. The monoisotopic (exact) mass is 294 g/mol. The third kappa shape index (κ3) is 2.63. The predicted octanol–water partition coefficient (Wildman–Crippen LogP) is 3.84. The molecule has 0 saturated carbocycles. The van der Waals surface area contributed by atoms with Crippen LogP contribution in [0.3, 0.4) is 0 Å². The van der Waals surface area contributed by atoms with Gasteiger partial charge in [0.15, 0.2) is 0 Å². The molecule has 20 heavy (non-hydrogen) atoms. The zero-order chi connectivity index (χ0) is 14.9. The van der Waals surface area contributed by atoms with E-state index in [9.17, 15) is 4.79 Å². The summed E-state index contributed by atoms with van der Waals surface area (Å²) in [6.07, 6.45) is 3.01. The fourth-order valence-electron chi connectivity index (χ4n) is 2.91. The van der Waals surface area contributed by atoms with Gasteiger partial charge in [-0.3, -0.25) is 10.1 Å². The van der Waals surface area contributed by atoms with Gasteiger partial charge in [-0.1, -0.05) is 20.3 Å². The number of thiophene rings is 1. The number of aryl methyl sites for hydroxylation is 1. The number of amides is 1. The second-order valence-electron chi connectivity index (χ2n) is 6.03. The van der Waals surface area contributed by atoms with Gasteiger partial charge in [0.05, 0.1) is 5.54 Å². The van der Waals surface area contributed by atoms with Gasteiger partial charge in [-0.05, 0) is 45.7 Å². The molecule has 1 saturated heterocycles. The van der Waals surface area contributed by atoms with Crippen LogP contribution in [0, 0.1) is 6.92 Å². The van der Waals surface area contributed by atoms with E-state index >= 15 is 0 Å². The summed E-state index contributed by atoms with van der Waals surface area (Å²) >= 11 is 1.78. The molecule has 1 fully saturated rings. The van der Waals surface area contributed by atoms with Gasteiger partial charge in [-0.2, -0.15) is 0 Å². The van der Waals surface area contributed by atoms with Crippen LogP contribution in [0.25, 0.3) is 0 Å². The summed E-state index contributed by atoms with van der Waals surface area (Å²) in [4.78, 5) is 17.4. The number of nitrogens with one attached hydrogen (secondary N) is 1. The van der Waals surface area contributed by atoms with Gasteiger partial charge in [-0.25, -0.2) is 0 Å². The molecule has 112 valence electrons. The first-order valence-electron chi connectivity index (χ1n) is 7.59. The minimum Gasteiger partial charge on any atom is -0.318 e. The van der Waals surface area contributed by atoms with Crippen LogP contribution in [0.5, 0.6) is 0 Å². The third-order valence-electron chi connectivity index (χ3n) is 4.36. The van der Waals surface area contributed by atoms with Crippen LogP contribution in [0.15, 0.2) is 12.1 Å². The highest BCUT2D eigenvalue weighted by Crippen LogP contribution is 2.37. The summed E-state index contributed by atoms with van der Waals surface area (Å²) in [5.74, 6) is 0.247. The van der Waals surface area contributed by atoms with Gasteiger partial charge >= 0.3 is 0 Å². The largest absolute Gasteiger partial charge is 0.318 e. The van der Waals surface area contributed by atoms with Gasteiger partial charge in [0, 0.05) is 15.8 Å². The van der Waals surface area contributed by atoms with Gasteiger partial charge in [0.2, 0.25) is 5.91 Å². The zero-order valence-electron chi connectivity index (χ0n) is 13.2. The van der Waals surface area contributed by atoms with Crippen LogP contribution in [0.4, 0.5) is 0 Å². The highest BCUT2D eigenvalue weighted by atomic mass is 32.1. The Bertz CT molecular complexity index is 485. The molecular formula is C16H26N2OS. The molecule has 1 aromatic heterocycles. The summed E-state index contributed by atoms with van der Waals surface area (Å²) < 4.78 is 0. The van der Waals surface area contributed by atoms with Crippen LogP contribution in [-0.2, 0) is 4.79 Å². The van der Waals surface area contributed by atoms with E-state index in [1.54, 1.807) is 11.3 Å². The predicted molar refractivity (Wildman–Crippen MR) is 84.8 cm³/mol. The Morgan fingerprint density at radius 2 is 2.15 bits per heavy atom. The summed E-state index contributed by atoms with van der Waals surface area (Å²) in [5.41, 5.74) is -0.426. The van der Waals surface area contributed by atoms with Gasteiger partial charge in [0.1, 0.15) is 6.17 Å². The maximum Gasteiger partial charge on any atom is 0.244 e. The van der Waals surface area contributed by atoms with Crippen molar-refractivity contribution in [1.82, 2.24) is 10.2 Å². The molecule has 0 radical (unpaired) electrons. The van der Waals surface area contributed by atoms with Crippen molar-refractivity contribution in [2.45, 2.75) is 71.6 Å². The zero-order valence-corrected chi connectivity index (χ0v) is 14.0. The van der Waals surface area contributed by atoms with Gasteiger partial charge in [0.25, 0.3) is 0 Å². The summed E-state index contributed by atoms with van der Waals surface area (Å²) in [6, 6.07) is 4.56. The molecule has 0 aromatic carbocycles. The molecule has 3 unspecified atom stereocenters. The second-order valence-corrected chi connectivity index (χ2v) is 7.35. The molecule has 3 nitrogen and oxygen atoms in total. The second kappa shape index (κ2) is 5.86. The normalized spacial score (nSPS) is 28.1. The van der Waals surface area contributed by atoms with E-state index in [4.69, 9.17) is 0 Å². The van der Waals surface area contributed by atoms with Crippen molar-refractivity contribution in [3.8, 4) is 0 Å². The van der Waals surface area contributed by atoms with E-state index in [0.717, 1.165) is 19.3 Å². The Hall–Kier alpha value is -0.870. The third-order valence-corrected chi connectivity index (χ3v) is 5.41. The first-order chi connectivity index (χ1) is 9.42. The molecule has 1 aliphatic rings. The van der Waals surface area contributed by atoms with Crippen molar-refractivity contribution in [2.75, 3.05) is 0 Å². The molecule has 0 bridgehead atoms. The first kappa shape index (κ1) is 15.5. The molecule has 1 aliphatic heterocycles. The molecule has 4 heteroatoms. The van der Waals surface area contributed by atoms with E-state index in [0.29, 0.717) is 0 Å². The lowest BCUT2D eigenvalue weighted by molar-refractivity contribution is -0.135. The lowest BCUT2D eigenvalue weighted by Crippen LogP contribution is -2.44. The fourth-order valence-corrected chi connectivity index (χ4v) is 3.84. The van der Waals surface area contributed by atoms with Crippen LogP contribution >= 0.6 is 11.3 Å². The van der Waals surface area contributed by atoms with Crippen LogP contribution in [-0.4, -0.2) is 22.4 Å². The topological polar surface area (TPSA) is 32.3 Å². The van der Waals surface area contributed by atoms with Gasteiger partial charge < -0.3 is 4.90 Å². The average molecular weight is 294 g/mol. The van der Waals surface area contributed by atoms with Crippen LogP contribution in [0.2, 0.25) is 0 Å². The molecule has 0 aliphatic carbocycles. The molecule has 3 atom stereocenters. The van der Waals surface area contributed by atoms with Crippen LogP contribution < -0.4 is 5.32 Å². The molecule has 1 aromatic rings. The standard InChI is InChI=1S/C16H26N2OS/c1-6-8-11(3)18-14(13-10-9-12(4)20-13)17-16(5,7-2)15(18)19/h9-11,14,17H,6-8H2,1-5H3.